The van der Waals surface area contributed by atoms with Crippen LogP contribution in [0.4, 0.5) is 0 Å². The Hall–Kier alpha value is -2.72. The van der Waals surface area contributed by atoms with Crippen molar-refractivity contribution in [1.82, 2.24) is 14.5 Å². The molecule has 1 aliphatic rings. The van der Waals surface area contributed by atoms with Gasteiger partial charge in [-0.15, -0.1) is 0 Å². The number of likely N-dealkylation sites (N-methyl/N-ethyl adjacent to an activating group) is 1. The maximum atomic E-state index is 11.0. The number of carbonyl (C=O) groups excluding carboxylic acids is 1. The largest absolute Gasteiger partial charge is 0.320 e. The lowest BCUT2D eigenvalue weighted by molar-refractivity contribution is 0.111. The van der Waals surface area contributed by atoms with Crippen LogP contribution in [0.1, 0.15) is 39.8 Å². The molecule has 0 unspecified atom stereocenters. The summed E-state index contributed by atoms with van der Waals surface area (Å²) < 4.78 is 2.34. The second-order valence-corrected chi connectivity index (χ2v) is 7.20. The van der Waals surface area contributed by atoms with Crippen LogP contribution in [0.5, 0.6) is 0 Å². The van der Waals surface area contributed by atoms with E-state index in [0.29, 0.717) is 5.69 Å². The first-order valence-corrected chi connectivity index (χ1v) is 8.97. The van der Waals surface area contributed by atoms with E-state index in [4.69, 9.17) is 0 Å². The van der Waals surface area contributed by atoms with Gasteiger partial charge in [0.25, 0.3) is 0 Å². The molecule has 3 heterocycles. The van der Waals surface area contributed by atoms with Gasteiger partial charge >= 0.3 is 0 Å². The Kier molecular flexibility index (Phi) is 4.21. The monoisotopic (exact) mass is 345 g/mol. The number of rotatable bonds is 3. The van der Waals surface area contributed by atoms with Gasteiger partial charge in [-0.1, -0.05) is 11.6 Å². The van der Waals surface area contributed by atoms with Crippen LogP contribution >= 0.6 is 0 Å². The topological polar surface area (TPSA) is 38.1 Å². The number of fused-ring (bicyclic) bond motifs is 3. The molecular formula is C22H23N3O. The predicted octanol–water partition coefficient (Wildman–Crippen LogP) is 4.16. The van der Waals surface area contributed by atoms with Crippen molar-refractivity contribution in [2.24, 2.45) is 0 Å². The summed E-state index contributed by atoms with van der Waals surface area (Å²) in [4.78, 5) is 17.5. The molecule has 0 bridgehead atoms. The average molecular weight is 345 g/mol. The van der Waals surface area contributed by atoms with Gasteiger partial charge in [0.15, 0.2) is 6.29 Å². The maximum absolute atomic E-state index is 11.0. The number of allylic oxidation sites excluding steroid dienone is 1. The number of pyridine rings is 1. The van der Waals surface area contributed by atoms with Crippen LogP contribution < -0.4 is 0 Å². The second kappa shape index (κ2) is 6.54. The van der Waals surface area contributed by atoms with E-state index in [2.05, 4.69) is 59.7 Å². The molecule has 0 fully saturated rings. The van der Waals surface area contributed by atoms with Gasteiger partial charge in [-0.2, -0.15) is 0 Å². The summed E-state index contributed by atoms with van der Waals surface area (Å²) in [5.74, 6) is 0. The lowest BCUT2D eigenvalue weighted by atomic mass is 10.0. The van der Waals surface area contributed by atoms with E-state index in [0.717, 1.165) is 36.9 Å². The summed E-state index contributed by atoms with van der Waals surface area (Å²) in [5.41, 5.74) is 7.98. The minimum atomic E-state index is 0.465. The molecule has 0 amide bonds. The maximum Gasteiger partial charge on any atom is 0.168 e. The highest BCUT2D eigenvalue weighted by atomic mass is 16.1. The van der Waals surface area contributed by atoms with Crippen LogP contribution in [-0.2, 0) is 13.0 Å². The normalized spacial score (nSPS) is 15.3. The number of nitrogens with zero attached hydrogens (tertiary/aromatic N) is 3. The smallest absolute Gasteiger partial charge is 0.168 e. The number of hydrogen-bond acceptors (Lipinski definition) is 3. The van der Waals surface area contributed by atoms with Crippen molar-refractivity contribution in [2.45, 2.75) is 26.8 Å². The van der Waals surface area contributed by atoms with Crippen LogP contribution in [0.3, 0.4) is 0 Å². The van der Waals surface area contributed by atoms with Gasteiger partial charge in [0.2, 0.25) is 0 Å². The molecule has 2 aromatic heterocycles. The van der Waals surface area contributed by atoms with E-state index < -0.39 is 0 Å². The number of aromatic nitrogens is 2. The highest BCUT2D eigenvalue weighted by molar-refractivity contribution is 5.90. The fourth-order valence-corrected chi connectivity index (χ4v) is 3.82. The Bertz CT molecular complexity index is 1030. The molecule has 0 atom stereocenters. The van der Waals surface area contributed by atoms with Crippen molar-refractivity contribution in [2.75, 3.05) is 13.6 Å². The van der Waals surface area contributed by atoms with E-state index in [9.17, 15) is 4.79 Å². The summed E-state index contributed by atoms with van der Waals surface area (Å²) in [7, 11) is 2.18. The number of aryl methyl sites for hydroxylation is 1. The molecule has 1 aliphatic heterocycles. The molecule has 0 spiro atoms. The molecule has 26 heavy (non-hydrogen) atoms. The first-order chi connectivity index (χ1) is 12.6. The molecule has 0 saturated heterocycles. The van der Waals surface area contributed by atoms with Crippen molar-refractivity contribution in [3.63, 3.8) is 0 Å². The number of hydrogen-bond donors (Lipinski definition) is 0. The van der Waals surface area contributed by atoms with Gasteiger partial charge < -0.3 is 9.47 Å². The summed E-state index contributed by atoms with van der Waals surface area (Å²) in [6.07, 6.45) is 5.73. The first-order valence-electron chi connectivity index (χ1n) is 8.97. The molecular weight excluding hydrogens is 322 g/mol. The minimum absolute atomic E-state index is 0.465. The lowest BCUT2D eigenvalue weighted by Gasteiger charge is -2.23. The van der Waals surface area contributed by atoms with Gasteiger partial charge in [-0.3, -0.25) is 9.78 Å². The SMILES string of the molecule is C/C(=C\n1c2c(c3cc(C)ccc31)CN(C)CC2)c1ccnc(C=O)c1. The van der Waals surface area contributed by atoms with E-state index >= 15 is 0 Å². The number of aldehydes is 1. The zero-order chi connectivity index (χ0) is 18.3. The molecule has 3 aromatic rings. The standard InChI is InChI=1S/C22H23N3O/c1-15-4-5-21-19(10-15)20-13-24(3)9-7-22(20)25(21)12-16(2)17-6-8-23-18(11-17)14-26/h4-6,8,10-12,14H,7,9,13H2,1-3H3/b16-12+. The molecule has 4 heteroatoms. The van der Waals surface area contributed by atoms with Crippen LogP contribution in [0, 0.1) is 6.92 Å². The fourth-order valence-electron chi connectivity index (χ4n) is 3.82. The van der Waals surface area contributed by atoms with Gasteiger partial charge in [0, 0.05) is 43.0 Å². The third-order valence-electron chi connectivity index (χ3n) is 5.21. The van der Waals surface area contributed by atoms with Gasteiger partial charge in [0.05, 0.1) is 5.52 Å². The third kappa shape index (κ3) is 2.86. The van der Waals surface area contributed by atoms with Gasteiger partial charge in [-0.25, -0.2) is 0 Å². The predicted molar refractivity (Wildman–Crippen MR) is 106 cm³/mol. The Morgan fingerprint density at radius 1 is 1.23 bits per heavy atom. The van der Waals surface area contributed by atoms with Crippen LogP contribution in [0.25, 0.3) is 22.7 Å². The highest BCUT2D eigenvalue weighted by Crippen LogP contribution is 2.32. The summed E-state index contributed by atoms with van der Waals surface area (Å²) in [6, 6.07) is 10.5. The lowest BCUT2D eigenvalue weighted by Crippen LogP contribution is -2.26. The molecule has 132 valence electrons. The van der Waals surface area contributed by atoms with Crippen molar-refractivity contribution >= 4 is 29.0 Å². The third-order valence-corrected chi connectivity index (χ3v) is 5.21. The molecule has 0 aliphatic carbocycles. The molecule has 0 N–H and O–H groups in total. The van der Waals surface area contributed by atoms with E-state index in [1.165, 1.54) is 27.7 Å². The molecule has 4 rings (SSSR count). The van der Waals surface area contributed by atoms with Crippen LogP contribution in [-0.4, -0.2) is 34.3 Å². The minimum Gasteiger partial charge on any atom is -0.320 e. The fraction of sp³-hybridized carbons (Fsp3) is 0.273. The molecule has 0 saturated carbocycles. The Morgan fingerprint density at radius 2 is 2.08 bits per heavy atom. The first kappa shape index (κ1) is 16.7. The quantitative estimate of drug-likeness (QED) is 0.669. The van der Waals surface area contributed by atoms with E-state index in [1.807, 2.05) is 12.1 Å². The van der Waals surface area contributed by atoms with Crippen molar-refractivity contribution < 1.29 is 4.79 Å². The van der Waals surface area contributed by atoms with Crippen molar-refractivity contribution in [3.05, 3.63) is 64.6 Å². The Morgan fingerprint density at radius 3 is 2.88 bits per heavy atom. The second-order valence-electron chi connectivity index (χ2n) is 7.20. The van der Waals surface area contributed by atoms with Crippen LogP contribution in [0.2, 0.25) is 0 Å². The van der Waals surface area contributed by atoms with Crippen molar-refractivity contribution in [1.29, 1.82) is 0 Å². The van der Waals surface area contributed by atoms with Gasteiger partial charge in [-0.05, 0) is 61.9 Å². The number of benzene rings is 1. The van der Waals surface area contributed by atoms with E-state index in [-0.39, 0.29) is 0 Å². The van der Waals surface area contributed by atoms with Crippen LogP contribution in [0.15, 0.2) is 36.5 Å². The number of carbonyl (C=O) groups is 1. The Balaban J connectivity index is 1.89. The average Bonchev–Trinajstić information content (AvgIpc) is 2.94. The molecule has 4 nitrogen and oxygen atoms in total. The molecule has 0 radical (unpaired) electrons. The van der Waals surface area contributed by atoms with Crippen molar-refractivity contribution in [3.8, 4) is 0 Å². The molecule has 1 aromatic carbocycles. The van der Waals surface area contributed by atoms with E-state index in [1.54, 1.807) is 6.20 Å². The summed E-state index contributed by atoms with van der Waals surface area (Å²) in [5, 5.41) is 1.35. The summed E-state index contributed by atoms with van der Waals surface area (Å²) >= 11 is 0. The zero-order valence-electron chi connectivity index (χ0n) is 15.5. The highest BCUT2D eigenvalue weighted by Gasteiger charge is 2.21. The van der Waals surface area contributed by atoms with Gasteiger partial charge in [0.1, 0.15) is 5.69 Å². The Labute approximate surface area is 153 Å². The summed E-state index contributed by atoms with van der Waals surface area (Å²) in [6.45, 7) is 6.29. The zero-order valence-corrected chi connectivity index (χ0v) is 15.5.